The van der Waals surface area contributed by atoms with Gasteiger partial charge in [-0.25, -0.2) is 18.4 Å². The lowest BCUT2D eigenvalue weighted by molar-refractivity contribution is -0.148. The first-order valence-electron chi connectivity index (χ1n) is 20.0. The van der Waals surface area contributed by atoms with Crippen LogP contribution in [0.15, 0.2) is 122 Å². The number of nitrogens with two attached hydrogens (primary N) is 1. The summed E-state index contributed by atoms with van der Waals surface area (Å²) in [6.45, 7) is 6.39. The highest BCUT2D eigenvalue weighted by Gasteiger charge is 2.34. The molecule has 21 heteroatoms. The number of carbonyl (C=O) groups is 2. The number of hydrogen-bond acceptors (Lipinski definition) is 14. The summed E-state index contributed by atoms with van der Waals surface area (Å²) in [6, 6.07) is 21.3. The third-order valence-electron chi connectivity index (χ3n) is 9.62. The Morgan fingerprint density at radius 3 is 1.98 bits per heavy atom. The molecule has 5 aromatic carbocycles. The van der Waals surface area contributed by atoms with Gasteiger partial charge in [-0.05, 0) is 130 Å². The number of rotatable bonds is 20. The summed E-state index contributed by atoms with van der Waals surface area (Å²) < 4.78 is 108. The van der Waals surface area contributed by atoms with Gasteiger partial charge in [0.2, 0.25) is 10.0 Å². The first-order valence-corrected chi connectivity index (χ1v) is 22.6. The number of sulfonamides is 1. The molecule has 0 aliphatic heterocycles. The van der Waals surface area contributed by atoms with Crippen molar-refractivity contribution in [1.82, 2.24) is 0 Å². The minimum atomic E-state index is -4.86. The van der Waals surface area contributed by atoms with Crippen molar-refractivity contribution >= 4 is 61.7 Å². The Hall–Kier alpha value is -6.55. The van der Waals surface area contributed by atoms with Gasteiger partial charge in [0.1, 0.15) is 17.2 Å². The molecule has 0 aromatic heterocycles. The van der Waals surface area contributed by atoms with Crippen molar-refractivity contribution in [3.8, 4) is 28.4 Å². The number of halogens is 3. The van der Waals surface area contributed by atoms with E-state index >= 15 is 0 Å². The molecule has 0 saturated carbocycles. The second-order valence-electron chi connectivity index (χ2n) is 14.5. The van der Waals surface area contributed by atoms with E-state index in [0.717, 1.165) is 50.3 Å². The second kappa shape index (κ2) is 22.4. The zero-order chi connectivity index (χ0) is 47.3. The largest absolute Gasteiger partial charge is 0.755 e. The average molecular weight is 938 g/mol. The standard InChI is InChI=1S/C44H45F3N6O10S2/c1-4-27(2)42(55)62-22-8-6-5-7-21-61-34-15-9-29(10-16-34)43(56)63-40-20-14-30(23-28(40)3)49-52-33-12-18-36(41(26-33)65(48,59)60)35-17-11-32(25-38(35)53-64(57)58)51-50-31-13-19-39(54)37(24-31)44(45,46)47/h9-20,23-27,53-54H,4-8,21-22H2,1-3H3,(H,57,58)(H2,48,59,60)/p-1. The van der Waals surface area contributed by atoms with Crippen LogP contribution in [-0.4, -0.2) is 47.4 Å². The number of alkyl halides is 3. The Morgan fingerprint density at radius 2 is 1.38 bits per heavy atom. The monoisotopic (exact) mass is 937 g/mol. The van der Waals surface area contributed by atoms with Gasteiger partial charge in [0.05, 0.1) is 63.6 Å². The number of aryl methyl sites for hydroxylation is 1. The maximum Gasteiger partial charge on any atom is 0.420 e. The van der Waals surface area contributed by atoms with Crippen molar-refractivity contribution in [3.05, 3.63) is 114 Å². The topological polar surface area (TPSA) is 244 Å². The fourth-order valence-electron chi connectivity index (χ4n) is 5.96. The molecule has 0 aliphatic rings. The Morgan fingerprint density at radius 1 is 0.815 bits per heavy atom. The van der Waals surface area contributed by atoms with Gasteiger partial charge in [0.15, 0.2) is 0 Å². The van der Waals surface area contributed by atoms with Crippen molar-refractivity contribution in [2.24, 2.45) is 31.5 Å². The number of nitrogens with zero attached hydrogens (tertiary/aromatic N) is 4. The number of carbonyl (C=O) groups excluding carboxylic acids is 2. The molecule has 0 amide bonds. The van der Waals surface area contributed by atoms with E-state index in [-0.39, 0.29) is 51.5 Å². The number of phenols is 1. The van der Waals surface area contributed by atoms with Gasteiger partial charge in [-0.2, -0.15) is 33.6 Å². The van der Waals surface area contributed by atoms with Crippen LogP contribution < -0.4 is 19.3 Å². The van der Waals surface area contributed by atoms with Crippen molar-refractivity contribution < 1.29 is 59.3 Å². The summed E-state index contributed by atoms with van der Waals surface area (Å²) in [6.07, 6.45) is -0.682. The fraction of sp³-hybridized carbons (Fsp3) is 0.273. The third-order valence-corrected chi connectivity index (χ3v) is 11.0. The number of azo groups is 2. The fourth-order valence-corrected chi connectivity index (χ4v) is 7.08. The van der Waals surface area contributed by atoms with Crippen molar-refractivity contribution in [3.63, 3.8) is 0 Å². The molecule has 4 N–H and O–H groups in total. The van der Waals surface area contributed by atoms with Crippen molar-refractivity contribution in [1.29, 1.82) is 0 Å². The van der Waals surface area contributed by atoms with Gasteiger partial charge in [-0.1, -0.05) is 26.0 Å². The highest BCUT2D eigenvalue weighted by atomic mass is 32.2. The van der Waals surface area contributed by atoms with E-state index in [1.54, 1.807) is 37.3 Å². The molecule has 0 bridgehead atoms. The smallest absolute Gasteiger partial charge is 0.420 e. The first-order chi connectivity index (χ1) is 30.8. The molecule has 65 heavy (non-hydrogen) atoms. The predicted molar refractivity (Wildman–Crippen MR) is 234 cm³/mol. The van der Waals surface area contributed by atoms with Crippen molar-refractivity contribution in [2.45, 2.75) is 63.9 Å². The average Bonchev–Trinajstić information content (AvgIpc) is 3.26. The number of nitrogens with one attached hydrogen (secondary N) is 1. The van der Waals surface area contributed by atoms with Crippen molar-refractivity contribution in [2.75, 3.05) is 17.9 Å². The van der Waals surface area contributed by atoms with Gasteiger partial charge in [-0.3, -0.25) is 9.00 Å². The maximum atomic E-state index is 13.2. The number of phenolic OH excluding ortho intramolecular Hbond substituents is 1. The highest BCUT2D eigenvalue weighted by molar-refractivity contribution is 7.89. The number of primary sulfonamides is 1. The van der Waals surface area contributed by atoms with E-state index in [0.29, 0.717) is 41.8 Å². The highest BCUT2D eigenvalue weighted by Crippen LogP contribution is 2.40. The molecule has 16 nitrogen and oxygen atoms in total. The van der Waals surface area contributed by atoms with E-state index in [1.807, 2.05) is 13.8 Å². The van der Waals surface area contributed by atoms with Crippen LogP contribution in [0.3, 0.4) is 0 Å². The molecule has 0 heterocycles. The van der Waals surface area contributed by atoms with Gasteiger partial charge < -0.3 is 28.6 Å². The Labute approximate surface area is 375 Å². The number of ether oxygens (including phenoxy) is 3. The number of aromatic hydroxyl groups is 1. The van der Waals surface area contributed by atoms with Crippen LogP contribution in [0.5, 0.6) is 17.2 Å². The molecule has 344 valence electrons. The Bertz CT molecular complexity index is 2700. The van der Waals surface area contributed by atoms with E-state index in [9.17, 15) is 45.0 Å². The number of esters is 2. The number of anilines is 1. The molecular weight excluding hydrogens is 894 g/mol. The molecule has 5 rings (SSSR count). The van der Waals surface area contributed by atoms with Gasteiger partial charge in [-0.15, -0.1) is 0 Å². The van der Waals surface area contributed by atoms with Gasteiger partial charge in [0, 0.05) is 22.4 Å². The summed E-state index contributed by atoms with van der Waals surface area (Å²) in [4.78, 5) is 24.2. The minimum absolute atomic E-state index is 0.0313. The maximum absolute atomic E-state index is 13.2. The van der Waals surface area contributed by atoms with E-state index in [4.69, 9.17) is 19.3 Å². The summed E-state index contributed by atoms with van der Waals surface area (Å²) in [5, 5.41) is 31.1. The SMILES string of the molecule is CCC(C)C(=O)OCCCCCCOc1ccc(C(=O)Oc2ccc(N=Nc3ccc(-c4ccc(N=Nc5ccc(O)c(C(F)(F)F)c5)cc4NS(=O)[O-])c(S(N)(=O)=O)c3)cc2C)cc1. The van der Waals surface area contributed by atoms with Gasteiger partial charge >= 0.3 is 18.1 Å². The molecule has 0 aliphatic carbocycles. The van der Waals surface area contributed by atoms with Crippen LogP contribution in [0.1, 0.15) is 67.4 Å². The molecule has 2 unspecified atom stereocenters. The summed E-state index contributed by atoms with van der Waals surface area (Å²) in [5.41, 5.74) is -0.603. The molecule has 0 fully saturated rings. The van der Waals surface area contributed by atoms with E-state index < -0.39 is 49.6 Å². The predicted octanol–water partition coefficient (Wildman–Crippen LogP) is 10.8. The quantitative estimate of drug-likeness (QED) is 0.0219. The molecule has 5 aromatic rings. The molecule has 0 saturated heterocycles. The van der Waals surface area contributed by atoms with Crippen LogP contribution in [0, 0.1) is 12.8 Å². The lowest BCUT2D eigenvalue weighted by Gasteiger charge is -2.16. The molecule has 2 atom stereocenters. The lowest BCUT2D eigenvalue weighted by Crippen LogP contribution is -2.14. The summed E-state index contributed by atoms with van der Waals surface area (Å²) in [7, 11) is -4.48. The van der Waals surface area contributed by atoms with Crippen LogP contribution in [0.25, 0.3) is 11.1 Å². The molecule has 0 radical (unpaired) electrons. The molecular formula is C44H44F3N6O10S2-. The third kappa shape index (κ3) is 14.5. The Balaban J connectivity index is 1.21. The number of unbranched alkanes of at least 4 members (excludes halogenated alkanes) is 3. The zero-order valence-corrected chi connectivity index (χ0v) is 36.8. The van der Waals surface area contributed by atoms with Crippen LogP contribution in [0.2, 0.25) is 0 Å². The van der Waals surface area contributed by atoms with E-state index in [1.165, 1.54) is 42.5 Å². The van der Waals surface area contributed by atoms with Crippen LogP contribution >= 0.6 is 0 Å². The molecule has 0 spiro atoms. The van der Waals surface area contributed by atoms with Crippen LogP contribution in [0.4, 0.5) is 41.6 Å². The van der Waals surface area contributed by atoms with Gasteiger partial charge in [0.25, 0.3) is 0 Å². The normalized spacial score (nSPS) is 12.9. The number of hydrogen-bond donors (Lipinski definition) is 3. The Kier molecular flexibility index (Phi) is 17.0. The van der Waals surface area contributed by atoms with E-state index in [2.05, 4.69) is 25.2 Å². The summed E-state index contributed by atoms with van der Waals surface area (Å²) in [5.74, 6) is -1.01. The number of benzene rings is 5. The summed E-state index contributed by atoms with van der Waals surface area (Å²) >= 11 is -2.92. The second-order valence-corrected chi connectivity index (χ2v) is 16.7. The lowest BCUT2D eigenvalue weighted by atomic mass is 10.0. The zero-order valence-electron chi connectivity index (χ0n) is 35.2. The van der Waals surface area contributed by atoms with Crippen LogP contribution in [-0.2, 0) is 37.0 Å². The first kappa shape index (κ1) is 49.5. The minimum Gasteiger partial charge on any atom is -0.755 e.